The topological polar surface area (TPSA) is 68.1 Å². The van der Waals surface area contributed by atoms with Crippen molar-refractivity contribution in [1.29, 1.82) is 0 Å². The third-order valence-electron chi connectivity index (χ3n) is 3.21. The van der Waals surface area contributed by atoms with E-state index in [1.54, 1.807) is 19.2 Å². The molecule has 5 nitrogen and oxygen atoms in total. The highest BCUT2D eigenvalue weighted by Crippen LogP contribution is 2.20. The maximum Gasteiger partial charge on any atom is 0.272 e. The van der Waals surface area contributed by atoms with E-state index in [4.69, 9.17) is 0 Å². The molecule has 0 amide bonds. The largest absolute Gasteiger partial charge is 0.312 e. The van der Waals surface area contributed by atoms with Crippen LogP contribution in [0.25, 0.3) is 0 Å². The van der Waals surface area contributed by atoms with Crippen LogP contribution in [0, 0.1) is 17.0 Å². The van der Waals surface area contributed by atoms with Gasteiger partial charge in [0.25, 0.3) is 5.69 Å². The molecule has 0 bridgehead atoms. The molecule has 2 rings (SSSR count). The van der Waals surface area contributed by atoms with Gasteiger partial charge in [-0.05, 0) is 24.6 Å². The summed E-state index contributed by atoms with van der Waals surface area (Å²) >= 11 is 0. The summed E-state index contributed by atoms with van der Waals surface area (Å²) in [5, 5.41) is 14.2. The number of hydrogen-bond acceptors (Lipinski definition) is 4. The summed E-state index contributed by atoms with van der Waals surface area (Å²) < 4.78 is 0. The quantitative estimate of drug-likeness (QED) is 0.498. The molecule has 1 N–H and O–H groups in total. The van der Waals surface area contributed by atoms with Crippen molar-refractivity contribution in [3.63, 3.8) is 0 Å². The van der Waals surface area contributed by atoms with Crippen molar-refractivity contribution in [1.82, 2.24) is 10.3 Å². The first-order valence-corrected chi connectivity index (χ1v) is 6.52. The van der Waals surface area contributed by atoms with E-state index >= 15 is 0 Å². The van der Waals surface area contributed by atoms with Crippen LogP contribution in [0.2, 0.25) is 0 Å². The normalized spacial score (nSPS) is 10.4. The number of nitro groups is 1. The van der Waals surface area contributed by atoms with Crippen LogP contribution < -0.4 is 5.32 Å². The lowest BCUT2D eigenvalue weighted by Gasteiger charge is -2.08. The lowest BCUT2D eigenvalue weighted by Crippen LogP contribution is -2.18. The number of nitrogens with zero attached hydrogens (tertiary/aromatic N) is 2. The van der Waals surface area contributed by atoms with Gasteiger partial charge in [-0.25, -0.2) is 0 Å². The van der Waals surface area contributed by atoms with E-state index in [2.05, 4.69) is 10.3 Å². The minimum atomic E-state index is -0.341. The maximum absolute atomic E-state index is 10.9. The average molecular weight is 271 g/mol. The first kappa shape index (κ1) is 14.1. The second-order valence-corrected chi connectivity index (χ2v) is 4.57. The molecule has 104 valence electrons. The number of hydrogen-bond donors (Lipinski definition) is 1. The smallest absolute Gasteiger partial charge is 0.272 e. The second kappa shape index (κ2) is 6.77. The summed E-state index contributed by atoms with van der Waals surface area (Å²) in [6.07, 6.45) is 2.62. The number of aromatic nitrogens is 1. The summed E-state index contributed by atoms with van der Waals surface area (Å²) in [6.45, 7) is 3.20. The van der Waals surface area contributed by atoms with E-state index in [0.717, 1.165) is 29.8 Å². The van der Waals surface area contributed by atoms with Gasteiger partial charge in [0, 0.05) is 43.0 Å². The van der Waals surface area contributed by atoms with Gasteiger partial charge >= 0.3 is 0 Å². The molecule has 0 radical (unpaired) electrons. The van der Waals surface area contributed by atoms with E-state index in [0.29, 0.717) is 6.54 Å². The monoisotopic (exact) mass is 271 g/mol. The molecule has 1 aromatic heterocycles. The molecule has 0 atom stereocenters. The molecule has 2 aromatic rings. The highest BCUT2D eigenvalue weighted by Gasteiger charge is 2.12. The summed E-state index contributed by atoms with van der Waals surface area (Å²) in [7, 11) is 0. The third kappa shape index (κ3) is 3.61. The van der Waals surface area contributed by atoms with E-state index in [1.165, 1.54) is 6.07 Å². The van der Waals surface area contributed by atoms with Crippen LogP contribution in [0.4, 0.5) is 5.69 Å². The summed E-state index contributed by atoms with van der Waals surface area (Å²) in [5.74, 6) is 0. The Kier molecular flexibility index (Phi) is 4.79. The van der Waals surface area contributed by atoms with Gasteiger partial charge in [-0.1, -0.05) is 18.2 Å². The fraction of sp³-hybridized carbons (Fsp3) is 0.267. The zero-order chi connectivity index (χ0) is 14.4. The minimum absolute atomic E-state index is 0.175. The van der Waals surface area contributed by atoms with Crippen LogP contribution in [0.3, 0.4) is 0 Å². The van der Waals surface area contributed by atoms with Crippen LogP contribution in [-0.2, 0) is 13.0 Å². The predicted octanol–water partition coefficient (Wildman–Crippen LogP) is 2.63. The zero-order valence-electron chi connectivity index (χ0n) is 11.4. The molecular weight excluding hydrogens is 254 g/mol. The molecule has 0 aliphatic heterocycles. The Balaban J connectivity index is 1.88. The number of pyridine rings is 1. The second-order valence-electron chi connectivity index (χ2n) is 4.57. The highest BCUT2D eigenvalue weighted by molar-refractivity contribution is 5.44. The van der Waals surface area contributed by atoms with Crippen molar-refractivity contribution in [3.05, 3.63) is 69.5 Å². The maximum atomic E-state index is 10.9. The molecule has 0 saturated carbocycles. The summed E-state index contributed by atoms with van der Waals surface area (Å²) in [6, 6.07) is 11.0. The van der Waals surface area contributed by atoms with Gasteiger partial charge in [0.2, 0.25) is 0 Å². The van der Waals surface area contributed by atoms with E-state index < -0.39 is 0 Å². The Bertz CT molecular complexity index is 585. The van der Waals surface area contributed by atoms with Gasteiger partial charge in [0.15, 0.2) is 0 Å². The van der Waals surface area contributed by atoms with Crippen LogP contribution in [-0.4, -0.2) is 16.5 Å². The number of nitro benzene ring substituents is 1. The Morgan fingerprint density at radius 2 is 2.10 bits per heavy atom. The van der Waals surface area contributed by atoms with Gasteiger partial charge in [-0.15, -0.1) is 0 Å². The van der Waals surface area contributed by atoms with E-state index in [9.17, 15) is 10.1 Å². The standard InChI is InChI=1S/C15H17N3O2/c1-12-13(5-4-7-15(12)18(19)20)11-16-10-8-14-6-2-3-9-17-14/h2-7,9,16H,8,10-11H2,1H3. The summed E-state index contributed by atoms with van der Waals surface area (Å²) in [4.78, 5) is 14.8. The molecule has 0 aliphatic carbocycles. The molecule has 0 unspecified atom stereocenters. The first-order chi connectivity index (χ1) is 9.68. The minimum Gasteiger partial charge on any atom is -0.312 e. The molecule has 0 spiro atoms. The van der Waals surface area contributed by atoms with Gasteiger partial charge in [-0.3, -0.25) is 15.1 Å². The number of rotatable bonds is 6. The van der Waals surface area contributed by atoms with Crippen molar-refractivity contribution >= 4 is 5.69 Å². The van der Waals surface area contributed by atoms with E-state index in [1.807, 2.05) is 24.3 Å². The molecular formula is C15H17N3O2. The Hall–Kier alpha value is -2.27. The highest BCUT2D eigenvalue weighted by atomic mass is 16.6. The average Bonchev–Trinajstić information content (AvgIpc) is 2.46. The van der Waals surface area contributed by atoms with Gasteiger partial charge in [-0.2, -0.15) is 0 Å². The molecule has 1 heterocycles. The van der Waals surface area contributed by atoms with Gasteiger partial charge in [0.05, 0.1) is 4.92 Å². The Morgan fingerprint density at radius 1 is 1.25 bits per heavy atom. The Labute approximate surface area is 117 Å². The van der Waals surface area contributed by atoms with Crippen molar-refractivity contribution in [2.45, 2.75) is 19.9 Å². The number of benzene rings is 1. The van der Waals surface area contributed by atoms with Crippen LogP contribution >= 0.6 is 0 Å². The lowest BCUT2D eigenvalue weighted by molar-refractivity contribution is -0.385. The van der Waals surface area contributed by atoms with Crippen LogP contribution in [0.1, 0.15) is 16.8 Å². The van der Waals surface area contributed by atoms with Gasteiger partial charge in [0.1, 0.15) is 0 Å². The summed E-state index contributed by atoms with van der Waals surface area (Å²) in [5.41, 5.74) is 2.90. The zero-order valence-corrected chi connectivity index (χ0v) is 11.4. The van der Waals surface area contributed by atoms with Crippen molar-refractivity contribution < 1.29 is 4.92 Å². The molecule has 0 fully saturated rings. The molecule has 20 heavy (non-hydrogen) atoms. The Morgan fingerprint density at radius 3 is 2.80 bits per heavy atom. The fourth-order valence-corrected chi connectivity index (χ4v) is 2.04. The van der Waals surface area contributed by atoms with E-state index in [-0.39, 0.29) is 10.6 Å². The molecule has 1 aromatic carbocycles. The SMILES string of the molecule is Cc1c(CNCCc2ccccn2)cccc1[N+](=O)[O-]. The molecule has 5 heteroatoms. The van der Waals surface area contributed by atoms with Crippen molar-refractivity contribution in [2.24, 2.45) is 0 Å². The lowest BCUT2D eigenvalue weighted by atomic mass is 10.1. The van der Waals surface area contributed by atoms with Crippen LogP contribution in [0.15, 0.2) is 42.6 Å². The fourth-order valence-electron chi connectivity index (χ4n) is 2.04. The van der Waals surface area contributed by atoms with Crippen molar-refractivity contribution in [3.8, 4) is 0 Å². The van der Waals surface area contributed by atoms with Crippen LogP contribution in [0.5, 0.6) is 0 Å². The first-order valence-electron chi connectivity index (χ1n) is 6.52. The predicted molar refractivity (Wildman–Crippen MR) is 77.5 cm³/mol. The van der Waals surface area contributed by atoms with Crippen molar-refractivity contribution in [2.75, 3.05) is 6.54 Å². The third-order valence-corrected chi connectivity index (χ3v) is 3.21. The molecule has 0 aliphatic rings. The molecule has 0 saturated heterocycles. The number of nitrogens with one attached hydrogen (secondary N) is 1. The van der Waals surface area contributed by atoms with Gasteiger partial charge < -0.3 is 5.32 Å².